The molecule has 2 amide bonds. The standard InChI is InChI=1S/C26H30N2O5S/c1-26(17-10-11-17,14-23(29)27-12-13-34-16-24(30)31)28-25(32)33-15-22-20-8-4-2-6-18(20)19-7-3-5-9-21(19)22/h2-9,17,22H,10-16H2,1H3,(H,27,29)(H,28,32)(H,30,31). The Morgan fingerprint density at radius 1 is 1.06 bits per heavy atom. The molecule has 0 spiro atoms. The lowest BCUT2D eigenvalue weighted by molar-refractivity contribution is -0.134. The molecule has 0 bridgehead atoms. The van der Waals surface area contributed by atoms with Crippen molar-refractivity contribution in [2.45, 2.75) is 37.6 Å². The lowest BCUT2D eigenvalue weighted by atomic mass is 9.91. The summed E-state index contributed by atoms with van der Waals surface area (Å²) in [7, 11) is 0. The highest BCUT2D eigenvalue weighted by molar-refractivity contribution is 7.99. The fourth-order valence-electron chi connectivity index (χ4n) is 4.70. The minimum Gasteiger partial charge on any atom is -0.481 e. The van der Waals surface area contributed by atoms with Crippen molar-refractivity contribution in [2.75, 3.05) is 24.7 Å². The molecule has 34 heavy (non-hydrogen) atoms. The number of carboxylic acid groups (broad SMARTS) is 1. The van der Waals surface area contributed by atoms with Gasteiger partial charge in [-0.3, -0.25) is 9.59 Å². The van der Waals surface area contributed by atoms with Gasteiger partial charge in [0.05, 0.1) is 11.3 Å². The first-order chi connectivity index (χ1) is 16.4. The molecule has 2 aromatic rings. The van der Waals surface area contributed by atoms with Gasteiger partial charge >= 0.3 is 12.1 Å². The van der Waals surface area contributed by atoms with Crippen molar-refractivity contribution < 1.29 is 24.2 Å². The van der Waals surface area contributed by atoms with E-state index in [2.05, 4.69) is 34.9 Å². The average Bonchev–Trinajstić information content (AvgIpc) is 3.61. The quantitative estimate of drug-likeness (QED) is 0.418. The smallest absolute Gasteiger partial charge is 0.407 e. The van der Waals surface area contributed by atoms with Gasteiger partial charge in [-0.1, -0.05) is 48.5 Å². The first kappa shape index (κ1) is 24.1. The van der Waals surface area contributed by atoms with Crippen LogP contribution in [0.3, 0.4) is 0 Å². The molecule has 8 heteroatoms. The zero-order valence-electron chi connectivity index (χ0n) is 19.2. The number of nitrogens with one attached hydrogen (secondary N) is 2. The van der Waals surface area contributed by atoms with Crippen molar-refractivity contribution in [3.05, 3.63) is 59.7 Å². The van der Waals surface area contributed by atoms with E-state index in [0.29, 0.717) is 12.3 Å². The maximum absolute atomic E-state index is 12.8. The molecule has 0 saturated heterocycles. The predicted octanol–water partition coefficient (Wildman–Crippen LogP) is 4.02. The number of carbonyl (C=O) groups is 3. The van der Waals surface area contributed by atoms with E-state index in [1.807, 2.05) is 31.2 Å². The van der Waals surface area contributed by atoms with Crippen molar-refractivity contribution >= 4 is 29.7 Å². The molecule has 1 saturated carbocycles. The van der Waals surface area contributed by atoms with Gasteiger partial charge < -0.3 is 20.5 Å². The van der Waals surface area contributed by atoms with E-state index >= 15 is 0 Å². The molecule has 3 N–H and O–H groups in total. The summed E-state index contributed by atoms with van der Waals surface area (Å²) in [6.45, 7) is 2.51. The van der Waals surface area contributed by atoms with E-state index in [1.165, 1.54) is 22.9 Å². The van der Waals surface area contributed by atoms with Crippen molar-refractivity contribution in [2.24, 2.45) is 5.92 Å². The predicted molar refractivity (Wildman–Crippen MR) is 132 cm³/mol. The first-order valence-electron chi connectivity index (χ1n) is 11.6. The van der Waals surface area contributed by atoms with Gasteiger partial charge in [-0.15, -0.1) is 11.8 Å². The number of alkyl carbamates (subject to hydrolysis) is 1. The fourth-order valence-corrected chi connectivity index (χ4v) is 5.26. The lowest BCUT2D eigenvalue weighted by Gasteiger charge is -2.30. The Kier molecular flexibility index (Phi) is 7.46. The van der Waals surface area contributed by atoms with Gasteiger partial charge in [-0.25, -0.2) is 4.79 Å². The minimum atomic E-state index is -0.870. The van der Waals surface area contributed by atoms with Crippen LogP contribution in [0.15, 0.2) is 48.5 Å². The van der Waals surface area contributed by atoms with Crippen LogP contribution in [-0.4, -0.2) is 53.3 Å². The molecule has 0 aliphatic heterocycles. The van der Waals surface area contributed by atoms with Gasteiger partial charge in [0.2, 0.25) is 5.91 Å². The summed E-state index contributed by atoms with van der Waals surface area (Å²) in [6, 6.07) is 16.4. The summed E-state index contributed by atoms with van der Waals surface area (Å²) in [4.78, 5) is 35.8. The van der Waals surface area contributed by atoms with Gasteiger partial charge in [0.1, 0.15) is 6.61 Å². The van der Waals surface area contributed by atoms with E-state index in [1.54, 1.807) is 0 Å². The largest absolute Gasteiger partial charge is 0.481 e. The monoisotopic (exact) mass is 482 g/mol. The van der Waals surface area contributed by atoms with Crippen LogP contribution < -0.4 is 10.6 Å². The Bertz CT molecular complexity index is 1030. The Morgan fingerprint density at radius 3 is 2.26 bits per heavy atom. The van der Waals surface area contributed by atoms with Crippen LogP contribution in [0.1, 0.15) is 43.2 Å². The Morgan fingerprint density at radius 2 is 1.68 bits per heavy atom. The van der Waals surface area contributed by atoms with Crippen LogP contribution in [0, 0.1) is 5.92 Å². The third-order valence-corrected chi connectivity index (χ3v) is 7.48. The normalized spacial score (nSPS) is 16.1. The second-order valence-corrected chi connectivity index (χ2v) is 10.2. The highest BCUT2D eigenvalue weighted by Crippen LogP contribution is 2.45. The lowest BCUT2D eigenvalue weighted by Crippen LogP contribution is -2.51. The Balaban J connectivity index is 1.31. The summed E-state index contributed by atoms with van der Waals surface area (Å²) in [6.07, 6.45) is 1.57. The molecule has 7 nitrogen and oxygen atoms in total. The van der Waals surface area contributed by atoms with Gasteiger partial charge in [0, 0.05) is 24.6 Å². The van der Waals surface area contributed by atoms with E-state index in [4.69, 9.17) is 9.84 Å². The van der Waals surface area contributed by atoms with Crippen LogP contribution >= 0.6 is 11.8 Å². The second kappa shape index (κ2) is 10.5. The number of rotatable bonds is 11. The molecule has 2 aliphatic rings. The fraction of sp³-hybridized carbons (Fsp3) is 0.423. The van der Waals surface area contributed by atoms with Crippen molar-refractivity contribution in [1.82, 2.24) is 10.6 Å². The Hall–Kier alpha value is -3.00. The molecule has 2 aliphatic carbocycles. The van der Waals surface area contributed by atoms with E-state index in [0.717, 1.165) is 24.0 Å². The van der Waals surface area contributed by atoms with Crippen LogP contribution in [0.5, 0.6) is 0 Å². The second-order valence-electron chi connectivity index (χ2n) is 9.12. The molecule has 1 fully saturated rings. The zero-order chi connectivity index (χ0) is 24.1. The molecule has 2 aromatic carbocycles. The number of carbonyl (C=O) groups excluding carboxylic acids is 2. The molecule has 1 atom stereocenters. The summed E-state index contributed by atoms with van der Waals surface area (Å²) in [5.74, 6) is -0.275. The number of ether oxygens (including phenoxy) is 1. The SMILES string of the molecule is CC(CC(=O)NCCSCC(=O)O)(NC(=O)OCC1c2ccccc2-c2ccccc21)C1CC1. The van der Waals surface area contributed by atoms with Gasteiger partial charge in [0.25, 0.3) is 0 Å². The first-order valence-corrected chi connectivity index (χ1v) is 12.7. The maximum atomic E-state index is 12.8. The van der Waals surface area contributed by atoms with E-state index in [-0.39, 0.29) is 36.5 Å². The third kappa shape index (κ3) is 5.73. The van der Waals surface area contributed by atoms with Crippen LogP contribution in [0.2, 0.25) is 0 Å². The highest BCUT2D eigenvalue weighted by Gasteiger charge is 2.44. The molecule has 0 radical (unpaired) electrons. The van der Waals surface area contributed by atoms with E-state index < -0.39 is 17.6 Å². The average molecular weight is 483 g/mol. The number of amides is 2. The van der Waals surface area contributed by atoms with Crippen LogP contribution in [0.25, 0.3) is 11.1 Å². The zero-order valence-corrected chi connectivity index (χ0v) is 20.0. The van der Waals surface area contributed by atoms with Crippen molar-refractivity contribution in [1.29, 1.82) is 0 Å². The molecule has 0 aromatic heterocycles. The number of fused-ring (bicyclic) bond motifs is 3. The number of hydrogen-bond donors (Lipinski definition) is 3. The molecule has 1 unspecified atom stereocenters. The number of thioether (sulfide) groups is 1. The highest BCUT2D eigenvalue weighted by atomic mass is 32.2. The maximum Gasteiger partial charge on any atom is 0.407 e. The van der Waals surface area contributed by atoms with Crippen molar-refractivity contribution in [3.8, 4) is 11.1 Å². The topological polar surface area (TPSA) is 105 Å². The summed E-state index contributed by atoms with van der Waals surface area (Å²) >= 11 is 1.26. The summed E-state index contributed by atoms with van der Waals surface area (Å²) in [5, 5.41) is 14.5. The van der Waals surface area contributed by atoms with E-state index in [9.17, 15) is 14.4 Å². The molecular formula is C26H30N2O5S. The number of benzene rings is 2. The van der Waals surface area contributed by atoms with Crippen LogP contribution in [0.4, 0.5) is 4.79 Å². The molecule has 0 heterocycles. The molecule has 180 valence electrons. The molecular weight excluding hydrogens is 452 g/mol. The number of carboxylic acids is 1. The Labute approximate surface area is 203 Å². The molecule has 4 rings (SSSR count). The van der Waals surface area contributed by atoms with Crippen LogP contribution in [-0.2, 0) is 14.3 Å². The minimum absolute atomic E-state index is 0.0129. The summed E-state index contributed by atoms with van der Waals surface area (Å²) < 4.78 is 5.69. The van der Waals surface area contributed by atoms with Crippen molar-refractivity contribution in [3.63, 3.8) is 0 Å². The third-order valence-electron chi connectivity index (χ3n) is 6.53. The summed E-state index contributed by atoms with van der Waals surface area (Å²) in [5.41, 5.74) is 3.98. The van der Waals surface area contributed by atoms with Gasteiger partial charge in [-0.05, 0) is 47.9 Å². The number of hydrogen-bond acceptors (Lipinski definition) is 5. The van der Waals surface area contributed by atoms with Gasteiger partial charge in [0.15, 0.2) is 0 Å². The number of aliphatic carboxylic acids is 1. The van der Waals surface area contributed by atoms with Gasteiger partial charge in [-0.2, -0.15) is 0 Å².